The molecule has 102 valence electrons. The number of nitrogens with one attached hydrogen (secondary N) is 1. The second-order valence-corrected chi connectivity index (χ2v) is 6.63. The minimum Gasteiger partial charge on any atom is -0.325 e. The van der Waals surface area contributed by atoms with Gasteiger partial charge in [-0.05, 0) is 19.3 Å². The molecule has 7 heteroatoms. The lowest BCUT2D eigenvalue weighted by Gasteiger charge is -2.16. The van der Waals surface area contributed by atoms with Gasteiger partial charge in [0.15, 0.2) is 0 Å². The molecule has 0 radical (unpaired) electrons. The van der Waals surface area contributed by atoms with Crippen LogP contribution in [0.4, 0.5) is 0 Å². The van der Waals surface area contributed by atoms with Crippen molar-refractivity contribution in [3.8, 4) is 0 Å². The first-order valence-electron chi connectivity index (χ1n) is 6.24. The summed E-state index contributed by atoms with van der Waals surface area (Å²) < 4.78 is 26.7. The summed E-state index contributed by atoms with van der Waals surface area (Å²) in [7, 11) is -3.45. The Hall–Kier alpha value is -0.920. The van der Waals surface area contributed by atoms with Gasteiger partial charge in [-0.25, -0.2) is 8.42 Å². The summed E-state index contributed by atoms with van der Waals surface area (Å²) >= 11 is 0. The summed E-state index contributed by atoms with van der Waals surface area (Å²) in [6.45, 7) is 5.13. The Morgan fingerprint density at radius 2 is 2.28 bits per heavy atom. The summed E-state index contributed by atoms with van der Waals surface area (Å²) in [6.07, 6.45) is 1.95. The molecule has 0 aliphatic carbocycles. The van der Waals surface area contributed by atoms with Crippen LogP contribution in [0.1, 0.15) is 31.2 Å². The number of aromatic amines is 1. The second kappa shape index (κ2) is 4.99. The van der Waals surface area contributed by atoms with Crippen LogP contribution in [0, 0.1) is 12.8 Å². The highest BCUT2D eigenvalue weighted by Crippen LogP contribution is 2.28. The third kappa shape index (κ3) is 2.17. The van der Waals surface area contributed by atoms with E-state index in [1.54, 1.807) is 11.2 Å². The third-order valence-corrected chi connectivity index (χ3v) is 5.65. The van der Waals surface area contributed by atoms with Crippen LogP contribution in [0.5, 0.6) is 0 Å². The first-order valence-corrected chi connectivity index (χ1v) is 7.68. The number of nitrogens with zero attached hydrogens (tertiary/aromatic N) is 2. The molecule has 0 spiro atoms. The average molecular weight is 272 g/mol. The standard InChI is InChI=1S/C11H20N4O2S/c1-3-9-4-5-15(7-9)18(16,17)11-8(2)13-14-10(11)6-12/h9H,3-7,12H2,1-2H3,(H,13,14). The molecule has 0 amide bonds. The maximum atomic E-state index is 12.6. The van der Waals surface area contributed by atoms with Crippen LogP contribution in [0.3, 0.4) is 0 Å². The molecule has 0 bridgehead atoms. The Balaban J connectivity index is 2.34. The zero-order valence-electron chi connectivity index (χ0n) is 10.8. The number of nitrogens with two attached hydrogens (primary N) is 1. The van der Waals surface area contributed by atoms with E-state index in [0.29, 0.717) is 30.4 Å². The SMILES string of the molecule is CCC1CCN(S(=O)(=O)c2c(CN)n[nH]c2C)C1. The highest BCUT2D eigenvalue weighted by atomic mass is 32.2. The lowest BCUT2D eigenvalue weighted by molar-refractivity contribution is 0.452. The van der Waals surface area contributed by atoms with Crippen molar-refractivity contribution in [3.63, 3.8) is 0 Å². The van der Waals surface area contributed by atoms with Crippen LogP contribution in [-0.4, -0.2) is 36.0 Å². The molecule has 1 aliphatic heterocycles. The molecule has 1 aliphatic rings. The van der Waals surface area contributed by atoms with Crippen molar-refractivity contribution in [1.82, 2.24) is 14.5 Å². The lowest BCUT2D eigenvalue weighted by Crippen LogP contribution is -2.30. The molecule has 1 saturated heterocycles. The van der Waals surface area contributed by atoms with Gasteiger partial charge in [0, 0.05) is 19.6 Å². The normalized spacial score (nSPS) is 21.6. The summed E-state index contributed by atoms with van der Waals surface area (Å²) in [5.74, 6) is 0.466. The minimum atomic E-state index is -3.45. The molecule has 1 unspecified atom stereocenters. The van der Waals surface area contributed by atoms with E-state index in [9.17, 15) is 8.42 Å². The van der Waals surface area contributed by atoms with Gasteiger partial charge in [0.2, 0.25) is 10.0 Å². The van der Waals surface area contributed by atoms with Crippen molar-refractivity contribution in [1.29, 1.82) is 0 Å². The molecular weight excluding hydrogens is 252 g/mol. The number of aryl methyl sites for hydroxylation is 1. The molecule has 1 aromatic heterocycles. The van der Waals surface area contributed by atoms with Crippen LogP contribution >= 0.6 is 0 Å². The summed E-state index contributed by atoms with van der Waals surface area (Å²) in [5.41, 5.74) is 6.54. The highest BCUT2D eigenvalue weighted by Gasteiger charge is 2.35. The van der Waals surface area contributed by atoms with E-state index < -0.39 is 10.0 Å². The largest absolute Gasteiger partial charge is 0.325 e. The van der Waals surface area contributed by atoms with Crippen molar-refractivity contribution >= 4 is 10.0 Å². The van der Waals surface area contributed by atoms with Crippen LogP contribution in [0.15, 0.2) is 4.90 Å². The van der Waals surface area contributed by atoms with E-state index in [1.807, 2.05) is 0 Å². The summed E-state index contributed by atoms with van der Waals surface area (Å²) in [5, 5.41) is 6.66. The Morgan fingerprint density at radius 3 is 2.83 bits per heavy atom. The van der Waals surface area contributed by atoms with Gasteiger partial charge in [-0.15, -0.1) is 0 Å². The molecule has 18 heavy (non-hydrogen) atoms. The molecule has 0 saturated carbocycles. The molecule has 6 nitrogen and oxygen atoms in total. The number of hydrogen-bond acceptors (Lipinski definition) is 4. The maximum absolute atomic E-state index is 12.6. The van der Waals surface area contributed by atoms with Crippen LogP contribution < -0.4 is 5.73 Å². The van der Waals surface area contributed by atoms with E-state index in [1.165, 1.54) is 0 Å². The first-order chi connectivity index (χ1) is 8.50. The van der Waals surface area contributed by atoms with Gasteiger partial charge >= 0.3 is 0 Å². The zero-order chi connectivity index (χ0) is 13.3. The van der Waals surface area contributed by atoms with Crippen LogP contribution in [-0.2, 0) is 16.6 Å². The number of sulfonamides is 1. The predicted octanol–water partition coefficient (Wildman–Crippen LogP) is 0.597. The summed E-state index contributed by atoms with van der Waals surface area (Å²) in [4.78, 5) is 0.266. The van der Waals surface area contributed by atoms with Crippen molar-refractivity contribution in [2.24, 2.45) is 11.7 Å². The van der Waals surface area contributed by atoms with Crippen molar-refractivity contribution in [3.05, 3.63) is 11.4 Å². The Bertz CT molecular complexity index is 523. The van der Waals surface area contributed by atoms with Gasteiger partial charge in [0.1, 0.15) is 4.90 Å². The zero-order valence-corrected chi connectivity index (χ0v) is 11.6. The Labute approximate surface area is 108 Å². The van der Waals surface area contributed by atoms with E-state index in [4.69, 9.17) is 5.73 Å². The Kier molecular flexibility index (Phi) is 3.74. The first kappa shape index (κ1) is 13.5. The van der Waals surface area contributed by atoms with Gasteiger partial charge in [0.05, 0.1) is 11.4 Å². The van der Waals surface area contributed by atoms with Crippen molar-refractivity contribution in [2.45, 2.75) is 38.1 Å². The number of hydrogen-bond donors (Lipinski definition) is 2. The van der Waals surface area contributed by atoms with E-state index in [2.05, 4.69) is 17.1 Å². The molecular formula is C11H20N4O2S. The van der Waals surface area contributed by atoms with Crippen LogP contribution in [0.25, 0.3) is 0 Å². The average Bonchev–Trinajstić information content (AvgIpc) is 2.95. The fourth-order valence-corrected chi connectivity index (χ4v) is 4.30. The number of rotatable bonds is 4. The molecule has 1 aromatic rings. The predicted molar refractivity (Wildman–Crippen MR) is 68.4 cm³/mol. The van der Waals surface area contributed by atoms with E-state index >= 15 is 0 Å². The van der Waals surface area contributed by atoms with Gasteiger partial charge in [0.25, 0.3) is 0 Å². The monoisotopic (exact) mass is 272 g/mol. The summed E-state index contributed by atoms with van der Waals surface area (Å²) in [6, 6.07) is 0. The van der Waals surface area contributed by atoms with Crippen LogP contribution in [0.2, 0.25) is 0 Å². The highest BCUT2D eigenvalue weighted by molar-refractivity contribution is 7.89. The van der Waals surface area contributed by atoms with E-state index in [0.717, 1.165) is 12.8 Å². The second-order valence-electron chi connectivity index (χ2n) is 4.75. The van der Waals surface area contributed by atoms with E-state index in [-0.39, 0.29) is 11.4 Å². The van der Waals surface area contributed by atoms with Gasteiger partial charge in [-0.1, -0.05) is 13.3 Å². The topological polar surface area (TPSA) is 92.1 Å². The lowest BCUT2D eigenvalue weighted by atomic mass is 10.1. The molecule has 2 heterocycles. The molecule has 3 N–H and O–H groups in total. The van der Waals surface area contributed by atoms with Gasteiger partial charge in [-0.2, -0.15) is 9.40 Å². The smallest absolute Gasteiger partial charge is 0.246 e. The van der Waals surface area contributed by atoms with Gasteiger partial charge < -0.3 is 5.73 Å². The fraction of sp³-hybridized carbons (Fsp3) is 0.727. The molecule has 0 aromatic carbocycles. The van der Waals surface area contributed by atoms with Crippen molar-refractivity contribution < 1.29 is 8.42 Å². The van der Waals surface area contributed by atoms with Gasteiger partial charge in [-0.3, -0.25) is 5.10 Å². The molecule has 2 rings (SSSR count). The number of aromatic nitrogens is 2. The molecule has 1 atom stereocenters. The fourth-order valence-electron chi connectivity index (χ4n) is 2.43. The minimum absolute atomic E-state index is 0.129. The maximum Gasteiger partial charge on any atom is 0.246 e. The molecule has 1 fully saturated rings. The van der Waals surface area contributed by atoms with Crippen molar-refractivity contribution in [2.75, 3.05) is 13.1 Å². The Morgan fingerprint density at radius 1 is 1.56 bits per heavy atom. The number of H-pyrrole nitrogens is 1. The third-order valence-electron chi connectivity index (χ3n) is 3.58. The quantitative estimate of drug-likeness (QED) is 0.839.